The van der Waals surface area contributed by atoms with Gasteiger partial charge in [0.05, 0.1) is 11.7 Å². The Hall–Kier alpha value is -0.610. The molecule has 2 fully saturated rings. The normalized spacial score (nSPS) is 34.1. The summed E-state index contributed by atoms with van der Waals surface area (Å²) in [5.41, 5.74) is 1.22. The van der Waals surface area contributed by atoms with Crippen LogP contribution in [0.25, 0.3) is 0 Å². The van der Waals surface area contributed by atoms with Gasteiger partial charge in [-0.1, -0.05) is 23.7 Å². The summed E-state index contributed by atoms with van der Waals surface area (Å²) in [4.78, 5) is 2.45. The van der Waals surface area contributed by atoms with Gasteiger partial charge < -0.3 is 9.84 Å². The maximum absolute atomic E-state index is 9.99. The van der Waals surface area contributed by atoms with E-state index in [1.807, 2.05) is 19.2 Å². The summed E-state index contributed by atoms with van der Waals surface area (Å²) < 4.78 is 5.86. The number of nitrogens with zero attached hydrogens (tertiary/aromatic N) is 1. The molecule has 0 unspecified atom stereocenters. The van der Waals surface area contributed by atoms with Crippen molar-refractivity contribution in [2.45, 2.75) is 50.0 Å². The van der Waals surface area contributed by atoms with Gasteiger partial charge in [0.25, 0.3) is 0 Å². The van der Waals surface area contributed by atoms with Crippen molar-refractivity contribution < 1.29 is 9.84 Å². The van der Waals surface area contributed by atoms with Crippen molar-refractivity contribution in [3.63, 3.8) is 0 Å². The largest absolute Gasteiger partial charge is 0.393 e. The number of rotatable bonds is 3. The van der Waals surface area contributed by atoms with Gasteiger partial charge in [-0.3, -0.25) is 4.90 Å². The fourth-order valence-corrected chi connectivity index (χ4v) is 3.91. The predicted octanol–water partition coefficient (Wildman–Crippen LogP) is 2.84. The van der Waals surface area contributed by atoms with Gasteiger partial charge in [0.1, 0.15) is 0 Å². The molecule has 3 nitrogen and oxygen atoms in total. The molecule has 1 saturated heterocycles. The number of aliphatic hydroxyl groups is 1. The first-order valence-corrected chi connectivity index (χ1v) is 7.72. The van der Waals surface area contributed by atoms with E-state index in [0.29, 0.717) is 6.04 Å². The van der Waals surface area contributed by atoms with Crippen LogP contribution in [-0.2, 0) is 11.3 Å². The van der Waals surface area contributed by atoms with Crippen molar-refractivity contribution in [1.82, 2.24) is 4.90 Å². The van der Waals surface area contributed by atoms with Gasteiger partial charge in [-0.05, 0) is 43.4 Å². The zero-order chi connectivity index (χ0) is 14.2. The third kappa shape index (κ3) is 2.60. The molecule has 1 saturated carbocycles. The number of halogens is 1. The molecule has 0 bridgehead atoms. The van der Waals surface area contributed by atoms with E-state index in [1.54, 1.807) is 0 Å². The first kappa shape index (κ1) is 14.3. The molecule has 20 heavy (non-hydrogen) atoms. The molecule has 3 atom stereocenters. The van der Waals surface area contributed by atoms with Crippen molar-refractivity contribution in [1.29, 1.82) is 0 Å². The SMILES string of the molecule is CO[C@@]12CC[C@H](O)C[C@@H]1N(Cc1ccc(Cl)cc1)CC2. The van der Waals surface area contributed by atoms with Crippen LogP contribution in [-0.4, -0.2) is 41.4 Å². The van der Waals surface area contributed by atoms with Gasteiger partial charge in [0.15, 0.2) is 0 Å². The molecule has 0 aromatic heterocycles. The zero-order valence-electron chi connectivity index (χ0n) is 11.9. The summed E-state index contributed by atoms with van der Waals surface area (Å²) in [5.74, 6) is 0. The lowest BCUT2D eigenvalue weighted by Crippen LogP contribution is -2.51. The monoisotopic (exact) mass is 295 g/mol. The van der Waals surface area contributed by atoms with E-state index in [9.17, 15) is 5.11 Å². The van der Waals surface area contributed by atoms with Crippen LogP contribution in [0.4, 0.5) is 0 Å². The van der Waals surface area contributed by atoms with Crippen LogP contribution in [0, 0.1) is 0 Å². The summed E-state index contributed by atoms with van der Waals surface area (Å²) >= 11 is 5.94. The molecule has 0 amide bonds. The summed E-state index contributed by atoms with van der Waals surface area (Å²) in [6, 6.07) is 8.35. The van der Waals surface area contributed by atoms with Gasteiger partial charge in [0, 0.05) is 31.3 Å². The van der Waals surface area contributed by atoms with Crippen LogP contribution >= 0.6 is 11.6 Å². The van der Waals surface area contributed by atoms with Crippen molar-refractivity contribution in [2.75, 3.05) is 13.7 Å². The lowest BCUT2D eigenvalue weighted by Gasteiger charge is -2.42. The minimum Gasteiger partial charge on any atom is -0.393 e. The number of fused-ring (bicyclic) bond motifs is 1. The van der Waals surface area contributed by atoms with Crippen molar-refractivity contribution in [3.8, 4) is 0 Å². The average Bonchev–Trinajstić information content (AvgIpc) is 2.81. The third-order valence-electron chi connectivity index (χ3n) is 4.97. The van der Waals surface area contributed by atoms with Gasteiger partial charge >= 0.3 is 0 Å². The molecule has 3 rings (SSSR count). The Morgan fingerprint density at radius 2 is 2.10 bits per heavy atom. The van der Waals surface area contributed by atoms with Crippen LogP contribution in [0.2, 0.25) is 5.02 Å². The molecule has 0 radical (unpaired) electrons. The molecule has 1 aromatic carbocycles. The number of aliphatic hydroxyl groups excluding tert-OH is 1. The van der Waals surface area contributed by atoms with E-state index < -0.39 is 0 Å². The first-order valence-electron chi connectivity index (χ1n) is 7.35. The van der Waals surface area contributed by atoms with Gasteiger partial charge in [0.2, 0.25) is 0 Å². The number of benzene rings is 1. The fraction of sp³-hybridized carbons (Fsp3) is 0.625. The number of hydrogen-bond donors (Lipinski definition) is 1. The molecule has 2 aliphatic rings. The summed E-state index contributed by atoms with van der Waals surface area (Å²) in [6.45, 7) is 1.94. The van der Waals surface area contributed by atoms with Crippen LogP contribution < -0.4 is 0 Å². The van der Waals surface area contributed by atoms with Gasteiger partial charge in [-0.25, -0.2) is 0 Å². The van der Waals surface area contributed by atoms with E-state index in [-0.39, 0.29) is 11.7 Å². The molecule has 110 valence electrons. The predicted molar refractivity (Wildman–Crippen MR) is 79.9 cm³/mol. The Balaban J connectivity index is 1.75. The summed E-state index contributed by atoms with van der Waals surface area (Å²) in [7, 11) is 1.82. The molecule has 1 heterocycles. The molecular formula is C16H22ClNO2. The van der Waals surface area contributed by atoms with Crippen molar-refractivity contribution in [2.24, 2.45) is 0 Å². The Labute approximate surface area is 125 Å². The topological polar surface area (TPSA) is 32.7 Å². The fourth-order valence-electron chi connectivity index (χ4n) is 3.78. The second kappa shape index (κ2) is 5.64. The van der Waals surface area contributed by atoms with Gasteiger partial charge in [-0.15, -0.1) is 0 Å². The number of ether oxygens (including phenoxy) is 1. The Morgan fingerprint density at radius 1 is 1.35 bits per heavy atom. The molecular weight excluding hydrogens is 274 g/mol. The molecule has 1 aromatic rings. The van der Waals surface area contributed by atoms with E-state index in [0.717, 1.165) is 43.8 Å². The second-order valence-electron chi connectivity index (χ2n) is 6.06. The molecule has 0 spiro atoms. The average molecular weight is 296 g/mol. The highest BCUT2D eigenvalue weighted by Gasteiger charge is 2.50. The van der Waals surface area contributed by atoms with Crippen LogP contribution in [0.1, 0.15) is 31.2 Å². The quantitative estimate of drug-likeness (QED) is 0.931. The van der Waals surface area contributed by atoms with Gasteiger partial charge in [-0.2, -0.15) is 0 Å². The van der Waals surface area contributed by atoms with E-state index >= 15 is 0 Å². The minimum absolute atomic E-state index is 0.0499. The van der Waals surface area contributed by atoms with E-state index in [2.05, 4.69) is 17.0 Å². The first-order chi connectivity index (χ1) is 9.63. The Morgan fingerprint density at radius 3 is 2.80 bits per heavy atom. The molecule has 1 aliphatic carbocycles. The number of methoxy groups -OCH3 is 1. The van der Waals surface area contributed by atoms with Crippen LogP contribution in [0.3, 0.4) is 0 Å². The second-order valence-corrected chi connectivity index (χ2v) is 6.50. The molecule has 4 heteroatoms. The molecule has 1 N–H and O–H groups in total. The Kier molecular flexibility index (Phi) is 4.04. The lowest BCUT2D eigenvalue weighted by atomic mass is 9.79. The molecule has 1 aliphatic heterocycles. The highest BCUT2D eigenvalue weighted by Crippen LogP contribution is 2.42. The van der Waals surface area contributed by atoms with Crippen LogP contribution in [0.15, 0.2) is 24.3 Å². The summed E-state index contributed by atoms with van der Waals surface area (Å²) in [6.07, 6.45) is 3.52. The standard InChI is InChI=1S/C16H22ClNO2/c1-20-16-7-6-14(19)10-15(16)18(9-8-16)11-12-2-4-13(17)5-3-12/h2-5,14-15,19H,6-11H2,1H3/t14-,15-,16+/m0/s1. The van der Waals surface area contributed by atoms with Crippen LogP contribution in [0.5, 0.6) is 0 Å². The third-order valence-corrected chi connectivity index (χ3v) is 5.22. The Bertz CT molecular complexity index is 464. The highest BCUT2D eigenvalue weighted by molar-refractivity contribution is 6.30. The number of hydrogen-bond acceptors (Lipinski definition) is 3. The smallest absolute Gasteiger partial charge is 0.0847 e. The maximum Gasteiger partial charge on any atom is 0.0847 e. The van der Waals surface area contributed by atoms with E-state index in [1.165, 1.54) is 5.56 Å². The van der Waals surface area contributed by atoms with E-state index in [4.69, 9.17) is 16.3 Å². The summed E-state index contributed by atoms with van der Waals surface area (Å²) in [5, 5.41) is 10.8. The highest BCUT2D eigenvalue weighted by atomic mass is 35.5. The van der Waals surface area contributed by atoms with Crippen molar-refractivity contribution in [3.05, 3.63) is 34.9 Å². The van der Waals surface area contributed by atoms with Crippen molar-refractivity contribution >= 4 is 11.6 Å². The number of likely N-dealkylation sites (tertiary alicyclic amines) is 1. The lowest BCUT2D eigenvalue weighted by molar-refractivity contribution is -0.0879. The minimum atomic E-state index is -0.186. The zero-order valence-corrected chi connectivity index (χ0v) is 12.6. The maximum atomic E-state index is 9.99.